The molecule has 0 aliphatic carbocycles. The van der Waals surface area contributed by atoms with Crippen LogP contribution in [-0.2, 0) is 0 Å². The number of aryl methyl sites for hydroxylation is 1. The van der Waals surface area contributed by atoms with Crippen molar-refractivity contribution in [2.75, 3.05) is 26.1 Å². The van der Waals surface area contributed by atoms with Crippen molar-refractivity contribution in [2.45, 2.75) is 6.92 Å². The zero-order valence-electron chi connectivity index (χ0n) is 10.2. The Hall–Kier alpha value is -1.98. The Morgan fingerprint density at radius 2 is 2.00 bits per heavy atom. The van der Waals surface area contributed by atoms with Crippen LogP contribution in [0.25, 0.3) is 10.9 Å². The first-order valence-electron chi connectivity index (χ1n) is 5.08. The minimum Gasteiger partial charge on any atom is -0.467 e. The summed E-state index contributed by atoms with van der Waals surface area (Å²) in [5, 5.41) is 0.568. The van der Waals surface area contributed by atoms with Gasteiger partial charge in [0.2, 0.25) is 0 Å². The van der Waals surface area contributed by atoms with Gasteiger partial charge in [-0.15, -0.1) is 0 Å². The third kappa shape index (κ3) is 1.86. The predicted octanol–water partition coefficient (Wildman–Crippen LogP) is 1.55. The highest BCUT2D eigenvalue weighted by Gasteiger charge is 2.15. The topological polar surface area (TPSA) is 51.1 Å². The number of nitrogens with zero attached hydrogens (tertiary/aromatic N) is 4. The number of fused-ring (bicyclic) bond motifs is 1. The molecule has 5 nitrogen and oxygen atoms in total. The first kappa shape index (κ1) is 11.5. The Labute approximate surface area is 98.3 Å². The highest BCUT2D eigenvalue weighted by molar-refractivity contribution is 5.89. The summed E-state index contributed by atoms with van der Waals surface area (Å²) in [5.41, 5.74) is 0.538. The number of hydrogen-bond acceptors (Lipinski definition) is 5. The van der Waals surface area contributed by atoms with Gasteiger partial charge in [-0.25, -0.2) is 4.39 Å². The largest absolute Gasteiger partial charge is 0.467 e. The quantitative estimate of drug-likeness (QED) is 0.791. The van der Waals surface area contributed by atoms with Gasteiger partial charge in [-0.05, 0) is 6.92 Å². The van der Waals surface area contributed by atoms with Crippen molar-refractivity contribution in [1.29, 1.82) is 0 Å². The molecule has 0 N–H and O–H groups in total. The third-order valence-electron chi connectivity index (χ3n) is 2.42. The third-order valence-corrected chi connectivity index (χ3v) is 2.42. The number of ether oxygens (including phenoxy) is 1. The van der Waals surface area contributed by atoms with Crippen LogP contribution in [0.4, 0.5) is 10.2 Å². The van der Waals surface area contributed by atoms with Gasteiger partial charge in [-0.3, -0.25) is 4.98 Å². The fourth-order valence-corrected chi connectivity index (χ4v) is 1.55. The molecular formula is C11H13FN4O. The van der Waals surface area contributed by atoms with Crippen molar-refractivity contribution in [2.24, 2.45) is 0 Å². The Kier molecular flexibility index (Phi) is 2.79. The van der Waals surface area contributed by atoms with Gasteiger partial charge in [0, 0.05) is 20.3 Å². The summed E-state index contributed by atoms with van der Waals surface area (Å²) in [4.78, 5) is 13.9. The molecule has 0 aromatic carbocycles. The first-order valence-corrected chi connectivity index (χ1v) is 5.08. The van der Waals surface area contributed by atoms with Crippen molar-refractivity contribution in [1.82, 2.24) is 15.0 Å². The summed E-state index contributed by atoms with van der Waals surface area (Å²) in [6.07, 6.45) is 1.57. The number of aromatic nitrogens is 3. The lowest BCUT2D eigenvalue weighted by atomic mass is 10.2. The maximum absolute atomic E-state index is 13.9. The second-order valence-corrected chi connectivity index (χ2v) is 3.85. The minimum absolute atomic E-state index is 0.144. The van der Waals surface area contributed by atoms with Crippen LogP contribution in [0.5, 0.6) is 6.01 Å². The summed E-state index contributed by atoms with van der Waals surface area (Å²) in [6, 6.07) is 0.144. The van der Waals surface area contributed by atoms with E-state index in [2.05, 4.69) is 15.0 Å². The number of rotatable bonds is 2. The van der Waals surface area contributed by atoms with Crippen LogP contribution in [0.1, 0.15) is 5.69 Å². The minimum atomic E-state index is -0.439. The van der Waals surface area contributed by atoms with E-state index in [1.54, 1.807) is 18.0 Å². The zero-order chi connectivity index (χ0) is 12.6. The maximum Gasteiger partial charge on any atom is 0.318 e. The molecule has 6 heteroatoms. The molecule has 0 saturated carbocycles. The van der Waals surface area contributed by atoms with Gasteiger partial charge < -0.3 is 9.64 Å². The summed E-state index contributed by atoms with van der Waals surface area (Å²) in [7, 11) is 5.09. The number of anilines is 1. The molecule has 0 radical (unpaired) electrons. The molecule has 2 rings (SSSR count). The average Bonchev–Trinajstić information content (AvgIpc) is 2.32. The summed E-state index contributed by atoms with van der Waals surface area (Å²) < 4.78 is 18.9. The van der Waals surface area contributed by atoms with Crippen molar-refractivity contribution < 1.29 is 9.13 Å². The molecule has 90 valence electrons. The molecule has 0 atom stereocenters. The molecule has 0 spiro atoms. The van der Waals surface area contributed by atoms with E-state index in [-0.39, 0.29) is 11.5 Å². The number of pyridine rings is 1. The predicted molar refractivity (Wildman–Crippen MR) is 62.9 cm³/mol. The molecule has 0 saturated heterocycles. The van der Waals surface area contributed by atoms with E-state index in [9.17, 15) is 4.39 Å². The van der Waals surface area contributed by atoms with Crippen LogP contribution >= 0.6 is 0 Å². The molecule has 2 heterocycles. The van der Waals surface area contributed by atoms with Gasteiger partial charge in [0.15, 0.2) is 5.82 Å². The van der Waals surface area contributed by atoms with Gasteiger partial charge in [0.05, 0.1) is 18.2 Å². The van der Waals surface area contributed by atoms with Gasteiger partial charge in [-0.1, -0.05) is 0 Å². The molecule has 0 aliphatic rings. The van der Waals surface area contributed by atoms with E-state index in [1.165, 1.54) is 7.11 Å². The van der Waals surface area contributed by atoms with Crippen LogP contribution in [0.3, 0.4) is 0 Å². The molecule has 17 heavy (non-hydrogen) atoms. The highest BCUT2D eigenvalue weighted by atomic mass is 19.1. The van der Waals surface area contributed by atoms with Crippen molar-refractivity contribution in [3.8, 4) is 6.01 Å². The molecular weight excluding hydrogens is 223 g/mol. The SMILES string of the molecule is COc1nc(N(C)C)c2cnc(C)c(F)c2n1. The van der Waals surface area contributed by atoms with Gasteiger partial charge in [0.1, 0.15) is 11.3 Å². The average molecular weight is 236 g/mol. The molecule has 0 bridgehead atoms. The van der Waals surface area contributed by atoms with E-state index in [1.807, 2.05) is 14.1 Å². The van der Waals surface area contributed by atoms with E-state index in [0.29, 0.717) is 16.9 Å². The second kappa shape index (κ2) is 4.12. The van der Waals surface area contributed by atoms with Crippen molar-refractivity contribution in [3.63, 3.8) is 0 Å². The monoisotopic (exact) mass is 236 g/mol. The van der Waals surface area contributed by atoms with E-state index < -0.39 is 5.82 Å². The van der Waals surface area contributed by atoms with Crippen LogP contribution in [-0.4, -0.2) is 36.2 Å². The molecule has 0 unspecified atom stereocenters. The lowest BCUT2D eigenvalue weighted by Crippen LogP contribution is -2.13. The molecule has 2 aromatic rings. The van der Waals surface area contributed by atoms with Gasteiger partial charge in [-0.2, -0.15) is 9.97 Å². The Bertz CT molecular complexity index is 571. The van der Waals surface area contributed by atoms with Crippen LogP contribution < -0.4 is 9.64 Å². The Morgan fingerprint density at radius 3 is 2.59 bits per heavy atom. The zero-order valence-corrected chi connectivity index (χ0v) is 10.2. The smallest absolute Gasteiger partial charge is 0.318 e. The fraction of sp³-hybridized carbons (Fsp3) is 0.364. The van der Waals surface area contributed by atoms with Gasteiger partial charge >= 0.3 is 6.01 Å². The maximum atomic E-state index is 13.9. The van der Waals surface area contributed by atoms with Crippen molar-refractivity contribution >= 4 is 16.7 Å². The lowest BCUT2D eigenvalue weighted by Gasteiger charge is -2.15. The van der Waals surface area contributed by atoms with Crippen LogP contribution in [0.15, 0.2) is 6.20 Å². The van der Waals surface area contributed by atoms with E-state index >= 15 is 0 Å². The standard InChI is InChI=1S/C11H13FN4O/c1-6-8(12)9-7(5-13-6)10(16(2)3)15-11(14-9)17-4/h5H,1-4H3. The Morgan fingerprint density at radius 1 is 1.29 bits per heavy atom. The summed E-state index contributed by atoms with van der Waals surface area (Å²) >= 11 is 0. The highest BCUT2D eigenvalue weighted by Crippen LogP contribution is 2.26. The first-order chi connectivity index (χ1) is 8.04. The van der Waals surface area contributed by atoms with Crippen LogP contribution in [0.2, 0.25) is 0 Å². The number of halogens is 1. The summed E-state index contributed by atoms with van der Waals surface area (Å²) in [5.74, 6) is 0.143. The Balaban J connectivity index is 2.85. The molecule has 0 amide bonds. The summed E-state index contributed by atoms with van der Waals surface area (Å²) in [6.45, 7) is 1.60. The van der Waals surface area contributed by atoms with E-state index in [4.69, 9.17) is 4.74 Å². The molecule has 0 aliphatic heterocycles. The molecule has 2 aromatic heterocycles. The van der Waals surface area contributed by atoms with Crippen molar-refractivity contribution in [3.05, 3.63) is 17.7 Å². The second-order valence-electron chi connectivity index (χ2n) is 3.85. The number of hydrogen-bond donors (Lipinski definition) is 0. The van der Waals surface area contributed by atoms with Crippen LogP contribution in [0, 0.1) is 12.7 Å². The fourth-order valence-electron chi connectivity index (χ4n) is 1.55. The van der Waals surface area contributed by atoms with E-state index in [0.717, 1.165) is 0 Å². The number of methoxy groups -OCH3 is 1. The normalized spacial score (nSPS) is 10.6. The van der Waals surface area contributed by atoms with Gasteiger partial charge in [0.25, 0.3) is 0 Å². The lowest BCUT2D eigenvalue weighted by molar-refractivity contribution is 0.381. The molecule has 0 fully saturated rings.